The van der Waals surface area contributed by atoms with Crippen LogP contribution in [0.1, 0.15) is 29.3 Å². The molecule has 2 amide bonds. The van der Waals surface area contributed by atoms with Crippen LogP contribution in [0.25, 0.3) is 0 Å². The maximum atomic E-state index is 13.1. The van der Waals surface area contributed by atoms with Crippen LogP contribution >= 0.6 is 0 Å². The fourth-order valence-electron chi connectivity index (χ4n) is 3.39. The smallest absolute Gasteiger partial charge is 0.254 e. The average Bonchev–Trinajstić information content (AvgIpc) is 3.09. The summed E-state index contributed by atoms with van der Waals surface area (Å²) in [6.45, 7) is 2.26. The number of nitrogens with one attached hydrogen (secondary N) is 1. The van der Waals surface area contributed by atoms with Crippen molar-refractivity contribution in [3.63, 3.8) is 0 Å². The molecule has 1 aliphatic heterocycles. The molecule has 1 fully saturated rings. The normalized spacial score (nSPS) is 17.3. The zero-order chi connectivity index (χ0) is 21.6. The van der Waals surface area contributed by atoms with E-state index in [-0.39, 0.29) is 42.5 Å². The number of sulfone groups is 1. The summed E-state index contributed by atoms with van der Waals surface area (Å²) >= 11 is 0. The molecule has 0 radical (unpaired) electrons. The number of likely N-dealkylation sites (N-methyl/N-ethyl adjacent to an activating group) is 1. The van der Waals surface area contributed by atoms with E-state index in [1.54, 1.807) is 19.1 Å². The first-order valence-electron chi connectivity index (χ1n) is 9.93. The van der Waals surface area contributed by atoms with Gasteiger partial charge in [-0.2, -0.15) is 0 Å². The van der Waals surface area contributed by atoms with E-state index >= 15 is 0 Å². The van der Waals surface area contributed by atoms with Crippen LogP contribution < -0.4 is 10.1 Å². The first kappa shape index (κ1) is 21.8. The molecule has 3 rings (SSSR count). The second kappa shape index (κ2) is 9.75. The summed E-state index contributed by atoms with van der Waals surface area (Å²) in [6, 6.07) is 16.1. The summed E-state index contributed by atoms with van der Waals surface area (Å²) in [6.07, 6.45) is 0.411. The molecule has 1 saturated heterocycles. The quantitative estimate of drug-likeness (QED) is 0.692. The van der Waals surface area contributed by atoms with Crippen LogP contribution in [0.2, 0.25) is 0 Å². The molecule has 160 valence electrons. The number of benzene rings is 2. The van der Waals surface area contributed by atoms with Gasteiger partial charge in [0.1, 0.15) is 12.4 Å². The first-order valence-corrected chi connectivity index (χ1v) is 11.7. The molecular weight excluding hydrogens is 404 g/mol. The van der Waals surface area contributed by atoms with E-state index in [0.29, 0.717) is 24.3 Å². The third kappa shape index (κ3) is 5.82. The summed E-state index contributed by atoms with van der Waals surface area (Å²) in [5, 5.41) is 2.73. The molecule has 30 heavy (non-hydrogen) atoms. The van der Waals surface area contributed by atoms with Crippen LogP contribution in [-0.4, -0.2) is 55.8 Å². The van der Waals surface area contributed by atoms with Crippen molar-refractivity contribution < 1.29 is 22.7 Å². The molecule has 0 unspecified atom stereocenters. The molecule has 8 heteroatoms. The molecule has 1 aliphatic rings. The lowest BCUT2D eigenvalue weighted by atomic mass is 10.1. The molecule has 1 N–H and O–H groups in total. The van der Waals surface area contributed by atoms with Gasteiger partial charge in [-0.05, 0) is 31.5 Å². The Kier molecular flexibility index (Phi) is 7.10. The molecule has 0 aromatic heterocycles. The largest absolute Gasteiger partial charge is 0.489 e. The van der Waals surface area contributed by atoms with E-state index in [2.05, 4.69) is 5.32 Å². The highest BCUT2D eigenvalue weighted by Gasteiger charge is 2.29. The molecule has 1 heterocycles. The fourth-order valence-corrected chi connectivity index (χ4v) is 5.06. The van der Waals surface area contributed by atoms with E-state index in [1.165, 1.54) is 4.90 Å². The molecule has 0 bridgehead atoms. The Morgan fingerprint density at radius 2 is 1.80 bits per heavy atom. The predicted molar refractivity (Wildman–Crippen MR) is 114 cm³/mol. The average molecular weight is 431 g/mol. The van der Waals surface area contributed by atoms with Crippen molar-refractivity contribution in [1.82, 2.24) is 10.2 Å². The maximum absolute atomic E-state index is 13.1. The monoisotopic (exact) mass is 430 g/mol. The topological polar surface area (TPSA) is 92.8 Å². The lowest BCUT2D eigenvalue weighted by Crippen LogP contribution is -2.44. The number of hydrogen-bond donors (Lipinski definition) is 1. The van der Waals surface area contributed by atoms with Crippen molar-refractivity contribution in [2.45, 2.75) is 26.0 Å². The number of rotatable bonds is 8. The van der Waals surface area contributed by atoms with Crippen LogP contribution in [0.15, 0.2) is 54.6 Å². The summed E-state index contributed by atoms with van der Waals surface area (Å²) in [4.78, 5) is 26.9. The van der Waals surface area contributed by atoms with E-state index in [1.807, 2.05) is 42.5 Å². The van der Waals surface area contributed by atoms with Crippen LogP contribution in [-0.2, 0) is 21.2 Å². The van der Waals surface area contributed by atoms with Crippen molar-refractivity contribution in [3.8, 4) is 5.75 Å². The molecular formula is C22H26N2O5S. The number of hydrogen-bond acceptors (Lipinski definition) is 5. The van der Waals surface area contributed by atoms with Crippen molar-refractivity contribution >= 4 is 21.7 Å². The van der Waals surface area contributed by atoms with Crippen LogP contribution in [0, 0.1) is 0 Å². The Labute approximate surface area is 177 Å². The third-order valence-electron chi connectivity index (χ3n) is 4.99. The first-order chi connectivity index (χ1) is 14.4. The van der Waals surface area contributed by atoms with Gasteiger partial charge in [-0.1, -0.05) is 36.4 Å². The van der Waals surface area contributed by atoms with E-state index in [4.69, 9.17) is 4.74 Å². The molecule has 2 aromatic rings. The number of ether oxygens (including phenoxy) is 1. The minimum absolute atomic E-state index is 0.0432. The number of para-hydroxylation sites is 1. The van der Waals surface area contributed by atoms with Crippen molar-refractivity contribution in [3.05, 3.63) is 65.7 Å². The Balaban J connectivity index is 1.64. The summed E-state index contributed by atoms with van der Waals surface area (Å²) in [7, 11) is -3.08. The molecule has 0 spiro atoms. The SMILES string of the molecule is CCN(CC(=O)N[C@H]1CCS(=O)(=O)C1)C(=O)c1ccccc1COc1ccccc1. The van der Waals surface area contributed by atoms with Crippen LogP contribution in [0.4, 0.5) is 0 Å². The van der Waals surface area contributed by atoms with E-state index in [0.717, 1.165) is 5.56 Å². The standard InChI is InChI=1S/C22H26N2O5S/c1-2-24(14-21(25)23-18-12-13-30(27,28)16-18)22(26)20-11-7-6-8-17(20)15-29-19-9-4-3-5-10-19/h3-11,18H,2,12-16H2,1H3,(H,23,25)/t18-/m0/s1. The summed E-state index contributed by atoms with van der Waals surface area (Å²) in [5.41, 5.74) is 1.21. The molecule has 1 atom stereocenters. The van der Waals surface area contributed by atoms with Crippen LogP contribution in [0.5, 0.6) is 5.75 Å². The van der Waals surface area contributed by atoms with Gasteiger partial charge in [0.25, 0.3) is 5.91 Å². The molecule has 0 saturated carbocycles. The zero-order valence-electron chi connectivity index (χ0n) is 16.9. The Bertz CT molecular complexity index is 992. The van der Waals surface area contributed by atoms with Crippen molar-refractivity contribution in [2.24, 2.45) is 0 Å². The van der Waals surface area contributed by atoms with Gasteiger partial charge in [0.05, 0.1) is 18.1 Å². The zero-order valence-corrected chi connectivity index (χ0v) is 17.7. The summed E-state index contributed by atoms with van der Waals surface area (Å²) < 4.78 is 28.9. The maximum Gasteiger partial charge on any atom is 0.254 e. The minimum Gasteiger partial charge on any atom is -0.489 e. The minimum atomic E-state index is -3.08. The fraction of sp³-hybridized carbons (Fsp3) is 0.364. The van der Waals surface area contributed by atoms with Gasteiger partial charge in [0, 0.05) is 23.7 Å². The molecule has 7 nitrogen and oxygen atoms in total. The van der Waals surface area contributed by atoms with Gasteiger partial charge < -0.3 is 15.0 Å². The van der Waals surface area contributed by atoms with Gasteiger partial charge in [-0.15, -0.1) is 0 Å². The number of carbonyl (C=O) groups excluding carboxylic acids is 2. The molecule has 2 aromatic carbocycles. The van der Waals surface area contributed by atoms with Gasteiger partial charge >= 0.3 is 0 Å². The van der Waals surface area contributed by atoms with Gasteiger partial charge in [0.2, 0.25) is 5.91 Å². The lowest BCUT2D eigenvalue weighted by Gasteiger charge is -2.23. The van der Waals surface area contributed by atoms with Crippen LogP contribution in [0.3, 0.4) is 0 Å². The van der Waals surface area contributed by atoms with Gasteiger partial charge in [0.15, 0.2) is 9.84 Å². The third-order valence-corrected chi connectivity index (χ3v) is 6.75. The second-order valence-corrected chi connectivity index (χ2v) is 9.47. The van der Waals surface area contributed by atoms with E-state index in [9.17, 15) is 18.0 Å². The van der Waals surface area contributed by atoms with Gasteiger partial charge in [-0.25, -0.2) is 8.42 Å². The number of nitrogens with zero attached hydrogens (tertiary/aromatic N) is 1. The second-order valence-electron chi connectivity index (χ2n) is 7.25. The predicted octanol–water partition coefficient (Wildman–Crippen LogP) is 2.03. The highest BCUT2D eigenvalue weighted by atomic mass is 32.2. The molecule has 0 aliphatic carbocycles. The van der Waals surface area contributed by atoms with Crippen molar-refractivity contribution in [1.29, 1.82) is 0 Å². The Hall–Kier alpha value is -2.87. The highest BCUT2D eigenvalue weighted by Crippen LogP contribution is 2.17. The van der Waals surface area contributed by atoms with Gasteiger partial charge in [-0.3, -0.25) is 9.59 Å². The highest BCUT2D eigenvalue weighted by molar-refractivity contribution is 7.91. The number of amides is 2. The summed E-state index contributed by atoms with van der Waals surface area (Å²) in [5.74, 6) is 0.129. The van der Waals surface area contributed by atoms with E-state index < -0.39 is 9.84 Å². The van der Waals surface area contributed by atoms with Crippen molar-refractivity contribution in [2.75, 3.05) is 24.6 Å². The Morgan fingerprint density at radius 1 is 1.10 bits per heavy atom. The number of carbonyl (C=O) groups is 2. The lowest BCUT2D eigenvalue weighted by molar-refractivity contribution is -0.122. The Morgan fingerprint density at radius 3 is 2.47 bits per heavy atom.